The number of aromatic nitrogens is 1. The first-order valence-electron chi connectivity index (χ1n) is 19.9. The molecule has 54 heavy (non-hydrogen) atoms. The van der Waals surface area contributed by atoms with Gasteiger partial charge in [-0.2, -0.15) is 0 Å². The first-order valence-corrected chi connectivity index (χ1v) is 19.9. The van der Waals surface area contributed by atoms with Crippen LogP contribution in [-0.4, -0.2) is 71.6 Å². The number of amides is 3. The first kappa shape index (κ1) is 44.4. The lowest BCUT2D eigenvalue weighted by Crippen LogP contribution is -2.57. The van der Waals surface area contributed by atoms with E-state index >= 15 is 0 Å². The average molecular weight is 747 g/mol. The van der Waals surface area contributed by atoms with Crippen molar-refractivity contribution < 1.29 is 33.6 Å². The zero-order valence-corrected chi connectivity index (χ0v) is 33.7. The number of hydrogen-bond acceptors (Lipinski definition) is 8. The SMILES string of the molecule is CCCC/C=C\C(C)(C)CNC(=O)C[C@H]1OB([C@H](CC(C)C)NC(=O)[C@@H](NC(=O)c2ccc(C(CC)CCCC)c(-c3ccccc3)n2)[C@@H](C)O)OC1=O. The minimum Gasteiger partial charge on any atom is -0.506 e. The molecule has 1 aliphatic heterocycles. The van der Waals surface area contributed by atoms with Crippen molar-refractivity contribution in [1.82, 2.24) is 20.9 Å². The number of carbonyl (C=O) groups is 4. The number of nitrogens with zero attached hydrogens (tertiary/aromatic N) is 1. The molecule has 5 atom stereocenters. The Kier molecular flexibility index (Phi) is 17.9. The van der Waals surface area contributed by atoms with Crippen LogP contribution in [0.4, 0.5) is 0 Å². The molecule has 4 N–H and O–H groups in total. The lowest BCUT2D eigenvalue weighted by molar-refractivity contribution is -0.139. The summed E-state index contributed by atoms with van der Waals surface area (Å²) in [4.78, 5) is 57.9. The van der Waals surface area contributed by atoms with Gasteiger partial charge in [-0.3, -0.25) is 19.2 Å². The Morgan fingerprint density at radius 3 is 2.33 bits per heavy atom. The predicted molar refractivity (Wildman–Crippen MR) is 213 cm³/mol. The van der Waals surface area contributed by atoms with Crippen LogP contribution in [0, 0.1) is 11.3 Å². The molecule has 11 nitrogen and oxygen atoms in total. The number of benzene rings is 1. The number of unbranched alkanes of at least 4 members (excludes halogenated alkanes) is 3. The molecule has 3 rings (SSSR count). The summed E-state index contributed by atoms with van der Waals surface area (Å²) in [7, 11) is -1.16. The number of nitrogens with one attached hydrogen (secondary N) is 3. The van der Waals surface area contributed by atoms with Crippen molar-refractivity contribution in [2.75, 3.05) is 6.54 Å². The van der Waals surface area contributed by atoms with Crippen LogP contribution in [0.15, 0.2) is 54.6 Å². The summed E-state index contributed by atoms with van der Waals surface area (Å²) in [5.41, 5.74) is 2.52. The largest absolute Gasteiger partial charge is 0.552 e. The molecule has 1 aromatic carbocycles. The van der Waals surface area contributed by atoms with Crippen LogP contribution in [-0.2, 0) is 23.7 Å². The molecule has 12 heteroatoms. The Hall–Kier alpha value is -4.03. The van der Waals surface area contributed by atoms with E-state index in [0.29, 0.717) is 18.7 Å². The smallest absolute Gasteiger partial charge is 0.506 e. The van der Waals surface area contributed by atoms with Crippen molar-refractivity contribution in [1.29, 1.82) is 0 Å². The number of rotatable bonds is 22. The maximum absolute atomic E-state index is 13.7. The highest BCUT2D eigenvalue weighted by Crippen LogP contribution is 2.33. The number of aliphatic hydroxyl groups excluding tert-OH is 1. The molecule has 0 bridgehead atoms. The second-order valence-electron chi connectivity index (χ2n) is 15.6. The second kappa shape index (κ2) is 21.8. The summed E-state index contributed by atoms with van der Waals surface area (Å²) >= 11 is 0. The van der Waals surface area contributed by atoms with Gasteiger partial charge in [0.05, 0.1) is 24.2 Å². The maximum atomic E-state index is 13.7. The summed E-state index contributed by atoms with van der Waals surface area (Å²) in [6, 6.07) is 12.0. The number of allylic oxidation sites excluding steroid dienone is 1. The van der Waals surface area contributed by atoms with Crippen LogP contribution in [0.1, 0.15) is 135 Å². The third-order valence-corrected chi connectivity index (χ3v) is 9.68. The van der Waals surface area contributed by atoms with E-state index in [-0.39, 0.29) is 35.3 Å². The van der Waals surface area contributed by atoms with Crippen molar-refractivity contribution in [3.05, 3.63) is 65.9 Å². The number of hydrogen-bond donors (Lipinski definition) is 4. The molecule has 1 unspecified atom stereocenters. The third-order valence-electron chi connectivity index (χ3n) is 9.68. The number of aliphatic hydroxyl groups is 1. The number of pyridine rings is 1. The van der Waals surface area contributed by atoms with E-state index in [1.54, 1.807) is 6.07 Å². The van der Waals surface area contributed by atoms with Crippen molar-refractivity contribution in [2.45, 2.75) is 143 Å². The van der Waals surface area contributed by atoms with E-state index < -0.39 is 49.1 Å². The molecule has 0 spiro atoms. The summed E-state index contributed by atoms with van der Waals surface area (Å²) in [6.07, 6.45) is 9.23. The van der Waals surface area contributed by atoms with Gasteiger partial charge in [0.15, 0.2) is 0 Å². The quantitative estimate of drug-likeness (QED) is 0.0590. The fourth-order valence-electron chi connectivity index (χ4n) is 6.52. The van der Waals surface area contributed by atoms with Gasteiger partial charge < -0.3 is 30.4 Å². The van der Waals surface area contributed by atoms with Gasteiger partial charge in [0.25, 0.3) is 5.91 Å². The summed E-state index contributed by atoms with van der Waals surface area (Å²) in [5.74, 6) is -2.82. The van der Waals surface area contributed by atoms with Crippen LogP contribution >= 0.6 is 0 Å². The Balaban J connectivity index is 1.72. The summed E-state index contributed by atoms with van der Waals surface area (Å²) < 4.78 is 11.5. The van der Waals surface area contributed by atoms with E-state index in [4.69, 9.17) is 14.3 Å². The highest BCUT2D eigenvalue weighted by atomic mass is 16.7. The van der Waals surface area contributed by atoms with Gasteiger partial charge in [-0.1, -0.05) is 123 Å². The Morgan fingerprint density at radius 2 is 1.70 bits per heavy atom. The predicted octanol–water partition coefficient (Wildman–Crippen LogP) is 6.69. The number of carbonyl (C=O) groups excluding carboxylic acids is 4. The molecule has 1 fully saturated rings. The fourth-order valence-corrected chi connectivity index (χ4v) is 6.52. The van der Waals surface area contributed by atoms with Crippen LogP contribution < -0.4 is 16.0 Å². The van der Waals surface area contributed by atoms with Gasteiger partial charge in [-0.15, -0.1) is 0 Å². The van der Waals surface area contributed by atoms with Gasteiger partial charge in [0, 0.05) is 12.1 Å². The highest BCUT2D eigenvalue weighted by Gasteiger charge is 2.47. The zero-order valence-electron chi connectivity index (χ0n) is 33.7. The molecular weight excluding hydrogens is 683 g/mol. The normalized spacial score (nSPS) is 16.9. The fraction of sp³-hybridized carbons (Fsp3) is 0.595. The molecule has 2 aromatic rings. The lowest BCUT2D eigenvalue weighted by atomic mass is 9.74. The topological polar surface area (TPSA) is 156 Å². The molecule has 1 saturated heterocycles. The second-order valence-corrected chi connectivity index (χ2v) is 15.6. The van der Waals surface area contributed by atoms with Crippen LogP contribution in [0.2, 0.25) is 0 Å². The van der Waals surface area contributed by atoms with Crippen LogP contribution in [0.3, 0.4) is 0 Å². The summed E-state index contributed by atoms with van der Waals surface area (Å²) in [5, 5.41) is 19.1. The zero-order chi connectivity index (χ0) is 39.8. The Bertz CT molecular complexity index is 1550. The van der Waals surface area contributed by atoms with Crippen LogP contribution in [0.25, 0.3) is 11.3 Å². The molecule has 0 saturated carbocycles. The molecule has 296 valence electrons. The minimum absolute atomic E-state index is 0.0514. The van der Waals surface area contributed by atoms with Gasteiger partial charge >= 0.3 is 13.1 Å². The van der Waals surface area contributed by atoms with E-state index in [9.17, 15) is 24.3 Å². The van der Waals surface area contributed by atoms with Crippen molar-refractivity contribution in [3.8, 4) is 11.3 Å². The molecule has 3 amide bonds. The van der Waals surface area contributed by atoms with E-state index in [1.807, 2.05) is 64.1 Å². The van der Waals surface area contributed by atoms with Crippen LogP contribution in [0.5, 0.6) is 0 Å². The average Bonchev–Trinajstić information content (AvgIpc) is 3.50. The van der Waals surface area contributed by atoms with Crippen molar-refractivity contribution in [3.63, 3.8) is 0 Å². The van der Waals surface area contributed by atoms with Crippen molar-refractivity contribution >= 4 is 30.8 Å². The van der Waals surface area contributed by atoms with Crippen molar-refractivity contribution in [2.24, 2.45) is 11.3 Å². The van der Waals surface area contributed by atoms with Gasteiger partial charge in [-0.05, 0) is 61.5 Å². The molecule has 2 heterocycles. The van der Waals surface area contributed by atoms with Gasteiger partial charge in [-0.25, -0.2) is 4.98 Å². The monoisotopic (exact) mass is 746 g/mol. The van der Waals surface area contributed by atoms with Gasteiger partial charge in [0.1, 0.15) is 17.8 Å². The van der Waals surface area contributed by atoms with E-state index in [1.165, 1.54) is 6.92 Å². The molecule has 1 aromatic heterocycles. The highest BCUT2D eigenvalue weighted by molar-refractivity contribution is 6.51. The Morgan fingerprint density at radius 1 is 1.00 bits per heavy atom. The Labute approximate surface area is 323 Å². The van der Waals surface area contributed by atoms with Gasteiger partial charge in [0.2, 0.25) is 11.8 Å². The molecule has 0 radical (unpaired) electrons. The minimum atomic E-state index is -1.35. The molecule has 0 aliphatic carbocycles. The standard InChI is InChI=1S/C42H63BN4O7/c1-9-12-14-18-24-42(7,8)27-44-36(49)26-34-41(52)54-43(53-34)35(25-28(4)5)46-40(51)37(29(6)48)47-39(50)33-23-22-32(30(11-3)19-13-10-2)38(45-33)31-20-16-15-17-21-31/h15-18,20-24,28-30,34-35,37,48H,9-14,19,25-27H2,1-8H3,(H,44,49)(H,46,51)(H,47,50)/b24-18-/t29-,30?,34-,35+,37+/m1/s1. The maximum Gasteiger partial charge on any atom is 0.552 e. The molecular formula is C42H63BN4O7. The lowest BCUT2D eigenvalue weighted by Gasteiger charge is -2.26. The van der Waals surface area contributed by atoms with E-state index in [0.717, 1.165) is 56.1 Å². The summed E-state index contributed by atoms with van der Waals surface area (Å²) in [6.45, 7) is 16.2. The molecule has 1 aliphatic rings. The third kappa shape index (κ3) is 13.7. The van der Waals surface area contributed by atoms with E-state index in [2.05, 4.69) is 48.9 Å². The first-order chi connectivity index (χ1) is 25.7.